The third kappa shape index (κ3) is 4.31. The summed E-state index contributed by atoms with van der Waals surface area (Å²) in [7, 11) is 1.54. The van der Waals surface area contributed by atoms with Gasteiger partial charge in [0, 0.05) is 18.6 Å². The smallest absolute Gasteiger partial charge is 0.200 e. The van der Waals surface area contributed by atoms with E-state index in [1.54, 1.807) is 12.1 Å². The van der Waals surface area contributed by atoms with Gasteiger partial charge in [0.15, 0.2) is 17.4 Å². The average Bonchev–Trinajstić information content (AvgIpc) is 3.39. The number of aromatic amines is 1. The van der Waals surface area contributed by atoms with Crippen molar-refractivity contribution in [2.24, 2.45) is 5.92 Å². The molecule has 9 heteroatoms. The van der Waals surface area contributed by atoms with Crippen LogP contribution in [0.2, 0.25) is 0 Å². The minimum Gasteiger partial charge on any atom is -0.378 e. The number of pyridine rings is 1. The molecule has 142 valence electrons. The first-order valence-electron chi connectivity index (χ1n) is 8.36. The Morgan fingerprint density at radius 2 is 2.00 bits per heavy atom. The third-order valence-electron chi connectivity index (χ3n) is 4.14. The van der Waals surface area contributed by atoms with E-state index in [2.05, 4.69) is 20.2 Å². The van der Waals surface area contributed by atoms with E-state index in [0.29, 0.717) is 22.8 Å². The number of ether oxygens (including phenoxy) is 1. The maximum Gasteiger partial charge on any atom is 0.200 e. The summed E-state index contributed by atoms with van der Waals surface area (Å²) >= 11 is 2.84. The number of ketones is 2. The van der Waals surface area contributed by atoms with Crippen LogP contribution in [0.4, 0.5) is 0 Å². The van der Waals surface area contributed by atoms with E-state index in [4.69, 9.17) is 4.74 Å². The largest absolute Gasteiger partial charge is 0.378 e. The molecule has 0 atom stereocenters. The Balaban J connectivity index is 2.05. The molecule has 2 heterocycles. The topological polar surface area (TPSA) is 97.8 Å². The molecule has 0 aliphatic heterocycles. The Morgan fingerprint density at radius 3 is 2.56 bits per heavy atom. The van der Waals surface area contributed by atoms with Crippen molar-refractivity contribution in [2.45, 2.75) is 19.4 Å². The first-order valence-corrected chi connectivity index (χ1v) is 10.8. The highest BCUT2D eigenvalue weighted by Crippen LogP contribution is 2.38. The normalized spacial score (nSPS) is 13.4. The second-order valence-electron chi connectivity index (χ2n) is 5.98. The first kappa shape index (κ1) is 19.8. The van der Waals surface area contributed by atoms with E-state index < -0.39 is 0 Å². The van der Waals surface area contributed by atoms with Crippen LogP contribution in [0, 0.1) is 5.92 Å². The molecule has 0 spiro atoms. The number of H-pyrrole nitrogens is 1. The molecule has 0 radical (unpaired) electrons. The molecule has 1 N–H and O–H groups in total. The summed E-state index contributed by atoms with van der Waals surface area (Å²) in [5, 5.41) is 6.66. The highest BCUT2D eigenvalue weighted by molar-refractivity contribution is 8.21. The lowest BCUT2D eigenvalue weighted by molar-refractivity contribution is -0.116. The van der Waals surface area contributed by atoms with Crippen LogP contribution in [-0.4, -0.2) is 51.4 Å². The Bertz CT molecular complexity index is 871. The number of aromatic nitrogens is 4. The Morgan fingerprint density at radius 1 is 1.26 bits per heavy atom. The van der Waals surface area contributed by atoms with E-state index in [-0.39, 0.29) is 29.7 Å². The summed E-state index contributed by atoms with van der Waals surface area (Å²) in [5.74, 6) is 0.0292. The molecule has 0 unspecified atom stereocenters. The van der Waals surface area contributed by atoms with E-state index in [0.717, 1.165) is 17.1 Å². The fourth-order valence-electron chi connectivity index (χ4n) is 2.69. The molecule has 3 rings (SSSR count). The van der Waals surface area contributed by atoms with Gasteiger partial charge in [0.2, 0.25) is 0 Å². The van der Waals surface area contributed by atoms with Gasteiger partial charge in [-0.15, -0.1) is 23.5 Å². The van der Waals surface area contributed by atoms with Crippen LogP contribution in [0.3, 0.4) is 0 Å². The first-order chi connectivity index (χ1) is 13.1. The van der Waals surface area contributed by atoms with Crippen LogP contribution in [0.1, 0.15) is 28.9 Å². The zero-order valence-electron chi connectivity index (χ0n) is 15.3. The molecule has 1 aliphatic rings. The minimum absolute atomic E-state index is 0.0374. The molecule has 2 aromatic heterocycles. The number of rotatable bonds is 9. The summed E-state index contributed by atoms with van der Waals surface area (Å²) in [6.45, 7) is 0.151. The van der Waals surface area contributed by atoms with Crippen molar-refractivity contribution in [3.8, 4) is 11.5 Å². The molecule has 1 saturated carbocycles. The highest BCUT2D eigenvalue weighted by Gasteiger charge is 2.37. The molecular weight excluding hydrogens is 384 g/mol. The number of hydrogen-bond donors (Lipinski definition) is 1. The van der Waals surface area contributed by atoms with Crippen LogP contribution in [0.5, 0.6) is 0 Å². The molecule has 2 aromatic rings. The molecular formula is C18H20N4O3S2. The van der Waals surface area contributed by atoms with Gasteiger partial charge in [-0.2, -0.15) is 5.10 Å². The SMILES string of the molecule is COCc1nc(-c2nc[nH]n2)ccc1C(=O)C(C(=O)C1CC1)=C(SC)SC. The van der Waals surface area contributed by atoms with E-state index in [9.17, 15) is 9.59 Å². The summed E-state index contributed by atoms with van der Waals surface area (Å²) in [6.07, 6.45) is 6.90. The van der Waals surface area contributed by atoms with Gasteiger partial charge in [0.25, 0.3) is 0 Å². The maximum absolute atomic E-state index is 13.3. The quantitative estimate of drug-likeness (QED) is 0.295. The number of allylic oxidation sites excluding steroid dienone is 1. The number of nitrogens with one attached hydrogen (secondary N) is 1. The van der Waals surface area contributed by atoms with E-state index in [1.807, 2.05) is 12.5 Å². The van der Waals surface area contributed by atoms with Crippen LogP contribution in [0.25, 0.3) is 11.5 Å². The number of Topliss-reactive ketones (excluding diaryl/α,β-unsaturated/α-hetero) is 2. The Hall–Kier alpha value is -1.97. The Labute approximate surface area is 165 Å². The standard InChI is InChI=1S/C18H20N4O3S2/c1-25-8-13-11(6-7-12(21-13)17-19-9-20-22-17)16(24)14(18(26-2)27-3)15(23)10-4-5-10/h6-7,9-10H,4-5,8H2,1-3H3,(H,19,20,22). The maximum atomic E-state index is 13.3. The van der Waals surface area contributed by atoms with Crippen molar-refractivity contribution in [2.75, 3.05) is 19.6 Å². The molecule has 0 saturated heterocycles. The average molecular weight is 405 g/mol. The van der Waals surface area contributed by atoms with Crippen LogP contribution >= 0.6 is 23.5 Å². The fourth-order valence-corrected chi connectivity index (χ4v) is 4.15. The van der Waals surface area contributed by atoms with Crippen LogP contribution in [0.15, 0.2) is 28.3 Å². The monoisotopic (exact) mass is 404 g/mol. The summed E-state index contributed by atoms with van der Waals surface area (Å²) < 4.78 is 5.96. The van der Waals surface area contributed by atoms with E-state index in [1.165, 1.54) is 37.0 Å². The zero-order valence-corrected chi connectivity index (χ0v) is 16.9. The number of nitrogens with zero attached hydrogens (tertiary/aromatic N) is 3. The Kier molecular flexibility index (Phi) is 6.46. The van der Waals surface area contributed by atoms with E-state index >= 15 is 0 Å². The summed E-state index contributed by atoms with van der Waals surface area (Å²) in [4.78, 5) is 34.7. The molecule has 0 amide bonds. The minimum atomic E-state index is -0.299. The molecule has 0 aromatic carbocycles. The zero-order chi connectivity index (χ0) is 19.4. The predicted octanol–water partition coefficient (Wildman–Crippen LogP) is 3.11. The van der Waals surface area contributed by atoms with Crippen molar-refractivity contribution in [3.05, 3.63) is 39.5 Å². The van der Waals surface area contributed by atoms with Crippen molar-refractivity contribution < 1.29 is 14.3 Å². The highest BCUT2D eigenvalue weighted by atomic mass is 32.2. The predicted molar refractivity (Wildman–Crippen MR) is 106 cm³/mol. The van der Waals surface area contributed by atoms with Crippen LogP contribution < -0.4 is 0 Å². The third-order valence-corrected chi connectivity index (χ3v) is 6.29. The summed E-state index contributed by atoms with van der Waals surface area (Å²) in [5.41, 5.74) is 1.64. The van der Waals surface area contributed by atoms with Crippen LogP contribution in [-0.2, 0) is 16.1 Å². The van der Waals surface area contributed by atoms with Crippen molar-refractivity contribution >= 4 is 35.1 Å². The fraction of sp³-hybridized carbons (Fsp3) is 0.389. The van der Waals surface area contributed by atoms with Gasteiger partial charge in [0.1, 0.15) is 12.0 Å². The van der Waals surface area contributed by atoms with Gasteiger partial charge in [-0.25, -0.2) is 9.97 Å². The van der Waals surface area contributed by atoms with Gasteiger partial charge in [0.05, 0.1) is 22.1 Å². The lowest BCUT2D eigenvalue weighted by Crippen LogP contribution is -2.18. The molecule has 1 aliphatic carbocycles. The van der Waals surface area contributed by atoms with Gasteiger partial charge >= 0.3 is 0 Å². The molecule has 7 nitrogen and oxygen atoms in total. The van der Waals surface area contributed by atoms with Crippen molar-refractivity contribution in [1.29, 1.82) is 0 Å². The van der Waals surface area contributed by atoms with Gasteiger partial charge in [-0.05, 0) is 37.5 Å². The number of carbonyl (C=O) groups is 2. The number of methoxy groups -OCH3 is 1. The lowest BCUT2D eigenvalue weighted by atomic mass is 9.97. The van der Waals surface area contributed by atoms with Crippen molar-refractivity contribution in [3.63, 3.8) is 0 Å². The number of thioether (sulfide) groups is 2. The molecule has 1 fully saturated rings. The number of carbonyl (C=O) groups excluding carboxylic acids is 2. The van der Waals surface area contributed by atoms with Gasteiger partial charge in [-0.1, -0.05) is 0 Å². The summed E-state index contributed by atoms with van der Waals surface area (Å²) in [6, 6.07) is 3.36. The molecule has 0 bridgehead atoms. The van der Waals surface area contributed by atoms with Gasteiger partial charge in [-0.3, -0.25) is 14.7 Å². The van der Waals surface area contributed by atoms with Crippen molar-refractivity contribution in [1.82, 2.24) is 20.2 Å². The molecule has 27 heavy (non-hydrogen) atoms. The second kappa shape index (κ2) is 8.81. The number of hydrogen-bond acceptors (Lipinski definition) is 8. The second-order valence-corrected chi connectivity index (χ2v) is 7.88. The van der Waals surface area contributed by atoms with Gasteiger partial charge < -0.3 is 4.74 Å². The lowest BCUT2D eigenvalue weighted by Gasteiger charge is -2.13.